The summed E-state index contributed by atoms with van der Waals surface area (Å²) in [5.74, 6) is 0.485. The highest BCUT2D eigenvalue weighted by Gasteiger charge is 2.67. The Morgan fingerprint density at radius 2 is 1.68 bits per heavy atom. The number of unbranched alkanes of at least 4 members (excludes halogenated alkanes) is 3. The summed E-state index contributed by atoms with van der Waals surface area (Å²) >= 11 is 0. The van der Waals surface area contributed by atoms with Crippen molar-refractivity contribution < 1.29 is 9.59 Å². The van der Waals surface area contributed by atoms with Crippen LogP contribution in [0.3, 0.4) is 0 Å². The first-order valence-electron chi connectivity index (χ1n) is 7.40. The van der Waals surface area contributed by atoms with E-state index in [4.69, 9.17) is 0 Å². The molecule has 0 saturated heterocycles. The number of Topliss-reactive ketones (excluding diaryl/α,β-unsaturated/α-hetero) is 2. The molecular weight excluding hydrogens is 236 g/mol. The number of hydrogen-bond donors (Lipinski definition) is 0. The van der Waals surface area contributed by atoms with Gasteiger partial charge in [-0.25, -0.2) is 0 Å². The molecule has 2 aliphatic carbocycles. The van der Waals surface area contributed by atoms with Crippen molar-refractivity contribution in [3.63, 3.8) is 0 Å². The standard InChI is InChI=1S/C17H20O2/c1-2-3-4-5-8-12-11-17(12)15(18)13-9-6-7-10-14(13)16(17)19/h6-7,9-10,12H,2-5,8,11H2,1H3. The third kappa shape index (κ3) is 1.77. The van der Waals surface area contributed by atoms with E-state index in [1.165, 1.54) is 19.3 Å². The molecule has 0 amide bonds. The van der Waals surface area contributed by atoms with E-state index in [0.717, 1.165) is 19.3 Å². The summed E-state index contributed by atoms with van der Waals surface area (Å²) < 4.78 is 0. The van der Waals surface area contributed by atoms with Crippen molar-refractivity contribution in [1.82, 2.24) is 0 Å². The van der Waals surface area contributed by atoms with E-state index >= 15 is 0 Å². The van der Waals surface area contributed by atoms with Crippen molar-refractivity contribution in [1.29, 1.82) is 0 Å². The van der Waals surface area contributed by atoms with Gasteiger partial charge in [0.2, 0.25) is 0 Å². The van der Waals surface area contributed by atoms with E-state index in [-0.39, 0.29) is 11.6 Å². The Bertz CT molecular complexity index is 495. The molecule has 1 atom stereocenters. The Hall–Kier alpha value is -1.44. The first kappa shape index (κ1) is 12.6. The highest BCUT2D eigenvalue weighted by molar-refractivity contribution is 6.31. The summed E-state index contributed by atoms with van der Waals surface area (Å²) in [5.41, 5.74) is 0.669. The molecule has 19 heavy (non-hydrogen) atoms. The van der Waals surface area contributed by atoms with Crippen molar-refractivity contribution in [2.75, 3.05) is 0 Å². The monoisotopic (exact) mass is 256 g/mol. The highest BCUT2D eigenvalue weighted by atomic mass is 16.2. The van der Waals surface area contributed by atoms with Gasteiger partial charge in [-0.1, -0.05) is 56.9 Å². The van der Waals surface area contributed by atoms with Crippen molar-refractivity contribution in [3.05, 3.63) is 35.4 Å². The summed E-state index contributed by atoms with van der Waals surface area (Å²) in [4.78, 5) is 24.9. The molecule has 0 bridgehead atoms. The molecule has 1 aromatic carbocycles. The summed E-state index contributed by atoms with van der Waals surface area (Å²) in [7, 11) is 0. The van der Waals surface area contributed by atoms with Crippen LogP contribution in [0.5, 0.6) is 0 Å². The number of carbonyl (C=O) groups is 2. The molecule has 2 heteroatoms. The van der Waals surface area contributed by atoms with E-state index < -0.39 is 5.41 Å². The van der Waals surface area contributed by atoms with Crippen molar-refractivity contribution in [2.24, 2.45) is 11.3 Å². The average Bonchev–Trinajstić information content (AvgIpc) is 3.13. The van der Waals surface area contributed by atoms with Crippen LogP contribution in [0.15, 0.2) is 24.3 Å². The van der Waals surface area contributed by atoms with Gasteiger partial charge in [-0.2, -0.15) is 0 Å². The zero-order valence-corrected chi connectivity index (χ0v) is 11.4. The van der Waals surface area contributed by atoms with Crippen molar-refractivity contribution >= 4 is 11.6 Å². The molecule has 1 saturated carbocycles. The number of hydrogen-bond acceptors (Lipinski definition) is 2. The number of rotatable bonds is 5. The van der Waals surface area contributed by atoms with E-state index in [2.05, 4.69) is 6.92 Å². The normalized spacial score (nSPS) is 22.9. The number of benzene rings is 1. The largest absolute Gasteiger partial charge is 0.293 e. The maximum Gasteiger partial charge on any atom is 0.177 e. The van der Waals surface area contributed by atoms with Gasteiger partial charge in [-0.15, -0.1) is 0 Å². The molecule has 1 aromatic rings. The Morgan fingerprint density at radius 3 is 2.26 bits per heavy atom. The van der Waals surface area contributed by atoms with Crippen LogP contribution in [0.2, 0.25) is 0 Å². The molecule has 2 aliphatic rings. The molecule has 100 valence electrons. The maximum atomic E-state index is 12.5. The van der Waals surface area contributed by atoms with Gasteiger partial charge in [0, 0.05) is 11.1 Å². The van der Waals surface area contributed by atoms with Crippen LogP contribution in [0.1, 0.15) is 66.2 Å². The summed E-state index contributed by atoms with van der Waals surface area (Å²) in [6, 6.07) is 7.30. The van der Waals surface area contributed by atoms with Crippen LogP contribution >= 0.6 is 0 Å². The second-order valence-electron chi connectivity index (χ2n) is 5.93. The molecule has 0 aromatic heterocycles. The molecule has 1 unspecified atom stereocenters. The van der Waals surface area contributed by atoms with Crippen LogP contribution in [-0.2, 0) is 0 Å². The highest BCUT2D eigenvalue weighted by Crippen LogP contribution is 2.62. The minimum Gasteiger partial charge on any atom is -0.293 e. The molecule has 3 rings (SSSR count). The van der Waals surface area contributed by atoms with Gasteiger partial charge in [0.05, 0.1) is 5.41 Å². The zero-order valence-electron chi connectivity index (χ0n) is 11.4. The van der Waals surface area contributed by atoms with Crippen LogP contribution < -0.4 is 0 Å². The van der Waals surface area contributed by atoms with Gasteiger partial charge in [0.1, 0.15) is 0 Å². The zero-order chi connectivity index (χ0) is 13.5. The molecule has 0 N–H and O–H groups in total. The molecule has 0 radical (unpaired) electrons. The molecule has 0 aliphatic heterocycles. The van der Waals surface area contributed by atoms with Gasteiger partial charge in [0.15, 0.2) is 11.6 Å². The van der Waals surface area contributed by atoms with Crippen molar-refractivity contribution in [2.45, 2.75) is 45.4 Å². The predicted octanol–water partition coefficient (Wildman–Crippen LogP) is 4.04. The van der Waals surface area contributed by atoms with E-state index in [1.54, 1.807) is 12.1 Å². The first-order valence-corrected chi connectivity index (χ1v) is 7.40. The smallest absolute Gasteiger partial charge is 0.177 e. The fourth-order valence-electron chi connectivity index (χ4n) is 3.51. The third-order valence-electron chi connectivity index (χ3n) is 4.74. The fourth-order valence-corrected chi connectivity index (χ4v) is 3.51. The van der Waals surface area contributed by atoms with E-state index in [9.17, 15) is 9.59 Å². The van der Waals surface area contributed by atoms with Crippen LogP contribution in [0.4, 0.5) is 0 Å². The second kappa shape index (κ2) is 4.59. The molecular formula is C17H20O2. The summed E-state index contributed by atoms with van der Waals surface area (Å²) in [6.07, 6.45) is 6.66. The van der Waals surface area contributed by atoms with Crippen LogP contribution in [0, 0.1) is 11.3 Å². The Balaban J connectivity index is 1.72. The van der Waals surface area contributed by atoms with Crippen LogP contribution in [0.25, 0.3) is 0 Å². The molecule has 1 spiro atoms. The summed E-state index contributed by atoms with van der Waals surface area (Å²) in [6.45, 7) is 2.19. The second-order valence-corrected chi connectivity index (χ2v) is 5.93. The van der Waals surface area contributed by atoms with Crippen LogP contribution in [-0.4, -0.2) is 11.6 Å². The first-order chi connectivity index (χ1) is 9.21. The molecule has 0 heterocycles. The van der Waals surface area contributed by atoms with Gasteiger partial charge in [0.25, 0.3) is 0 Å². The van der Waals surface area contributed by atoms with Gasteiger partial charge in [-0.05, 0) is 18.8 Å². The molecule has 2 nitrogen and oxygen atoms in total. The lowest BCUT2D eigenvalue weighted by Crippen LogP contribution is -2.19. The van der Waals surface area contributed by atoms with E-state index in [1.807, 2.05) is 12.1 Å². The fraction of sp³-hybridized carbons (Fsp3) is 0.529. The quantitative estimate of drug-likeness (QED) is 0.588. The predicted molar refractivity (Wildman–Crippen MR) is 74.4 cm³/mol. The number of ketones is 2. The minimum atomic E-state index is -0.643. The number of fused-ring (bicyclic) bond motifs is 1. The minimum absolute atomic E-state index is 0.0913. The third-order valence-corrected chi connectivity index (χ3v) is 4.74. The molecule has 1 fully saturated rings. The van der Waals surface area contributed by atoms with Gasteiger partial charge >= 0.3 is 0 Å². The maximum absolute atomic E-state index is 12.5. The lowest BCUT2D eigenvalue weighted by atomic mass is 9.95. The summed E-state index contributed by atoms with van der Waals surface area (Å²) in [5, 5.41) is 0. The van der Waals surface area contributed by atoms with Gasteiger partial charge < -0.3 is 0 Å². The Kier molecular flexibility index (Phi) is 3.04. The Labute approximate surface area is 114 Å². The topological polar surface area (TPSA) is 34.1 Å². The number of carbonyl (C=O) groups excluding carboxylic acids is 2. The lowest BCUT2D eigenvalue weighted by molar-refractivity contribution is 0.0797. The van der Waals surface area contributed by atoms with E-state index in [0.29, 0.717) is 17.0 Å². The Morgan fingerprint density at radius 1 is 1.05 bits per heavy atom. The lowest BCUT2D eigenvalue weighted by Gasteiger charge is -2.05. The van der Waals surface area contributed by atoms with Crippen molar-refractivity contribution in [3.8, 4) is 0 Å². The average molecular weight is 256 g/mol. The van der Waals surface area contributed by atoms with Gasteiger partial charge in [-0.3, -0.25) is 9.59 Å². The SMILES string of the molecule is CCCCCCC1CC12C(=O)c1ccccc1C2=O.